The Morgan fingerprint density at radius 1 is 1.32 bits per heavy atom. The van der Waals surface area contributed by atoms with Gasteiger partial charge in [0.05, 0.1) is 11.7 Å². The highest BCUT2D eigenvalue weighted by Crippen LogP contribution is 2.43. The molecule has 0 bridgehead atoms. The Morgan fingerprint density at radius 3 is 2.89 bits per heavy atom. The Kier molecular flexibility index (Phi) is 3.84. The average Bonchev–Trinajstić information content (AvgIpc) is 3.10. The fourth-order valence-electron chi connectivity index (χ4n) is 3.33. The number of hydrogen-bond acceptors (Lipinski definition) is 5. The normalized spacial score (nSPS) is 25.4. The number of aromatic nitrogens is 2. The van der Waals surface area contributed by atoms with Crippen molar-refractivity contribution in [1.82, 2.24) is 15.5 Å². The average molecular weight is 265 g/mol. The summed E-state index contributed by atoms with van der Waals surface area (Å²) in [6.07, 6.45) is 8.86. The highest BCUT2D eigenvalue weighted by Gasteiger charge is 2.41. The van der Waals surface area contributed by atoms with Crippen LogP contribution >= 0.6 is 0 Å². The lowest BCUT2D eigenvalue weighted by Crippen LogP contribution is -2.32. The van der Waals surface area contributed by atoms with Crippen molar-refractivity contribution >= 4 is 0 Å². The van der Waals surface area contributed by atoms with Crippen LogP contribution in [0.5, 0.6) is 0 Å². The minimum absolute atomic E-state index is 0.246. The Balaban J connectivity index is 1.35. The molecule has 1 saturated heterocycles. The summed E-state index contributed by atoms with van der Waals surface area (Å²) in [6.45, 7) is 3.65. The molecule has 1 unspecified atom stereocenters. The van der Waals surface area contributed by atoms with Crippen LogP contribution in [0.2, 0.25) is 0 Å². The topological polar surface area (TPSA) is 60.2 Å². The fourth-order valence-corrected chi connectivity index (χ4v) is 3.33. The van der Waals surface area contributed by atoms with Crippen molar-refractivity contribution < 1.29 is 9.26 Å². The molecule has 0 amide bonds. The van der Waals surface area contributed by atoms with Crippen LogP contribution in [-0.2, 0) is 11.2 Å². The second-order valence-corrected chi connectivity index (χ2v) is 5.86. The van der Waals surface area contributed by atoms with E-state index in [0.717, 1.165) is 19.5 Å². The lowest BCUT2D eigenvalue weighted by molar-refractivity contribution is -0.0350. The maximum atomic E-state index is 6.25. The van der Waals surface area contributed by atoms with E-state index < -0.39 is 0 Å². The van der Waals surface area contributed by atoms with Crippen molar-refractivity contribution in [2.75, 3.05) is 13.1 Å². The van der Waals surface area contributed by atoms with E-state index >= 15 is 0 Å². The first-order valence-corrected chi connectivity index (χ1v) is 7.44. The van der Waals surface area contributed by atoms with Gasteiger partial charge < -0.3 is 14.6 Å². The third kappa shape index (κ3) is 3.15. The number of nitrogens with one attached hydrogen (secondary N) is 1. The van der Waals surface area contributed by atoms with Crippen molar-refractivity contribution in [3.05, 3.63) is 11.7 Å². The van der Waals surface area contributed by atoms with Gasteiger partial charge in [0.1, 0.15) is 0 Å². The number of nitrogens with zero attached hydrogens (tertiary/aromatic N) is 2. The molecule has 3 rings (SSSR count). The minimum atomic E-state index is 0.246. The van der Waals surface area contributed by atoms with Gasteiger partial charge in [-0.05, 0) is 32.6 Å². The number of aryl methyl sites for hydroxylation is 1. The van der Waals surface area contributed by atoms with Gasteiger partial charge in [-0.1, -0.05) is 18.0 Å². The standard InChI is InChI=1S/C14H23N3O2/c1-11-16-13(19-17-11)5-9-15-10-12-4-8-14(18-12)6-2-3-7-14/h12,15H,2-10H2,1H3. The molecule has 1 N–H and O–H groups in total. The highest BCUT2D eigenvalue weighted by molar-refractivity contribution is 4.93. The first-order chi connectivity index (χ1) is 9.26. The Morgan fingerprint density at radius 2 is 2.16 bits per heavy atom. The fraction of sp³-hybridized carbons (Fsp3) is 0.857. The molecule has 19 heavy (non-hydrogen) atoms. The van der Waals surface area contributed by atoms with E-state index in [1.54, 1.807) is 0 Å². The molecule has 5 nitrogen and oxygen atoms in total. The Labute approximate surface area is 114 Å². The summed E-state index contributed by atoms with van der Waals surface area (Å²) in [5.41, 5.74) is 0.246. The Hall–Kier alpha value is -0.940. The van der Waals surface area contributed by atoms with Gasteiger partial charge in [0.15, 0.2) is 5.82 Å². The highest BCUT2D eigenvalue weighted by atomic mass is 16.5. The van der Waals surface area contributed by atoms with Crippen molar-refractivity contribution in [3.63, 3.8) is 0 Å². The van der Waals surface area contributed by atoms with Crippen molar-refractivity contribution in [3.8, 4) is 0 Å². The monoisotopic (exact) mass is 265 g/mol. The summed E-state index contributed by atoms with van der Waals surface area (Å²) in [5, 5.41) is 7.22. The summed E-state index contributed by atoms with van der Waals surface area (Å²) in [6, 6.07) is 0. The molecule has 1 aromatic heterocycles. The van der Waals surface area contributed by atoms with E-state index in [2.05, 4.69) is 15.5 Å². The van der Waals surface area contributed by atoms with Gasteiger partial charge in [-0.2, -0.15) is 4.98 Å². The summed E-state index contributed by atoms with van der Waals surface area (Å²) >= 11 is 0. The number of ether oxygens (including phenoxy) is 1. The molecule has 5 heteroatoms. The molecule has 1 atom stereocenters. The van der Waals surface area contributed by atoms with E-state index in [0.29, 0.717) is 17.8 Å². The van der Waals surface area contributed by atoms with Gasteiger partial charge in [0.25, 0.3) is 0 Å². The molecule has 0 aromatic carbocycles. The van der Waals surface area contributed by atoms with Crippen LogP contribution in [0.25, 0.3) is 0 Å². The first-order valence-electron chi connectivity index (χ1n) is 7.44. The van der Waals surface area contributed by atoms with Crippen LogP contribution in [0.3, 0.4) is 0 Å². The van der Waals surface area contributed by atoms with Crippen LogP contribution < -0.4 is 5.32 Å². The molecule has 1 aliphatic carbocycles. The SMILES string of the molecule is Cc1noc(CCNCC2CCC3(CCCC3)O2)n1. The molecular weight excluding hydrogens is 242 g/mol. The van der Waals surface area contributed by atoms with Gasteiger partial charge in [-0.3, -0.25) is 0 Å². The second kappa shape index (κ2) is 5.59. The van der Waals surface area contributed by atoms with Gasteiger partial charge in [0, 0.05) is 19.5 Å². The van der Waals surface area contributed by atoms with Gasteiger partial charge in [-0.15, -0.1) is 0 Å². The van der Waals surface area contributed by atoms with Crippen LogP contribution in [0.1, 0.15) is 50.2 Å². The van der Waals surface area contributed by atoms with Gasteiger partial charge in [-0.25, -0.2) is 0 Å². The lowest BCUT2D eigenvalue weighted by atomic mass is 9.98. The number of rotatable bonds is 5. The van der Waals surface area contributed by atoms with E-state index in [-0.39, 0.29) is 5.60 Å². The maximum Gasteiger partial charge on any atom is 0.227 e. The second-order valence-electron chi connectivity index (χ2n) is 5.86. The van der Waals surface area contributed by atoms with Crippen molar-refractivity contribution in [1.29, 1.82) is 0 Å². The quantitative estimate of drug-likeness (QED) is 0.825. The zero-order chi connectivity index (χ0) is 13.1. The smallest absolute Gasteiger partial charge is 0.227 e. The summed E-state index contributed by atoms with van der Waals surface area (Å²) in [4.78, 5) is 4.19. The summed E-state index contributed by atoms with van der Waals surface area (Å²) in [5.74, 6) is 1.42. The molecule has 2 heterocycles. The molecule has 1 spiro atoms. The van der Waals surface area contributed by atoms with E-state index in [9.17, 15) is 0 Å². The van der Waals surface area contributed by atoms with Gasteiger partial charge >= 0.3 is 0 Å². The van der Waals surface area contributed by atoms with E-state index in [1.165, 1.54) is 38.5 Å². The zero-order valence-electron chi connectivity index (χ0n) is 11.7. The van der Waals surface area contributed by atoms with Crippen molar-refractivity contribution in [2.45, 2.75) is 63.6 Å². The van der Waals surface area contributed by atoms with Crippen LogP contribution in [0.15, 0.2) is 4.52 Å². The van der Waals surface area contributed by atoms with Crippen LogP contribution in [0.4, 0.5) is 0 Å². The maximum absolute atomic E-state index is 6.25. The molecule has 2 aliphatic rings. The molecule has 1 saturated carbocycles. The molecule has 1 aromatic rings. The predicted octanol–water partition coefficient (Wildman–Crippen LogP) is 2.00. The van der Waals surface area contributed by atoms with E-state index in [1.807, 2.05) is 6.92 Å². The molecule has 2 fully saturated rings. The van der Waals surface area contributed by atoms with E-state index in [4.69, 9.17) is 9.26 Å². The third-order valence-corrected chi connectivity index (χ3v) is 4.31. The predicted molar refractivity (Wildman–Crippen MR) is 70.9 cm³/mol. The molecular formula is C14H23N3O2. The van der Waals surface area contributed by atoms with Crippen LogP contribution in [-0.4, -0.2) is 34.9 Å². The third-order valence-electron chi connectivity index (χ3n) is 4.31. The Bertz CT molecular complexity index is 413. The molecule has 106 valence electrons. The largest absolute Gasteiger partial charge is 0.370 e. The first kappa shape index (κ1) is 13.1. The van der Waals surface area contributed by atoms with Crippen LogP contribution in [0, 0.1) is 6.92 Å². The lowest BCUT2D eigenvalue weighted by Gasteiger charge is -2.23. The molecule has 0 radical (unpaired) electrons. The van der Waals surface area contributed by atoms with Crippen molar-refractivity contribution in [2.24, 2.45) is 0 Å². The summed E-state index contributed by atoms with van der Waals surface area (Å²) in [7, 11) is 0. The number of hydrogen-bond donors (Lipinski definition) is 1. The summed E-state index contributed by atoms with van der Waals surface area (Å²) < 4.78 is 11.3. The molecule has 1 aliphatic heterocycles. The zero-order valence-corrected chi connectivity index (χ0v) is 11.7. The minimum Gasteiger partial charge on any atom is -0.370 e. The van der Waals surface area contributed by atoms with Gasteiger partial charge in [0.2, 0.25) is 5.89 Å².